The van der Waals surface area contributed by atoms with Gasteiger partial charge in [0.1, 0.15) is 0 Å². The standard InChI is InChI=1S/C14H15N3O.C4H9N/c18-14-12-9-17(7-6-13(12)15-10-16-14)8-11-4-2-1-3-5-11;1-2-4-5-3-1/h1-5,10H,6-9H2,(H,15,16,18);5H,1-4H2. The molecule has 1 saturated heterocycles. The first-order chi connectivity index (χ1) is 11.3. The zero-order chi connectivity index (χ0) is 15.9. The number of hydrogen-bond donors (Lipinski definition) is 2. The van der Waals surface area contributed by atoms with Crippen LogP contribution >= 0.6 is 0 Å². The van der Waals surface area contributed by atoms with Gasteiger partial charge in [0, 0.05) is 26.1 Å². The molecule has 1 aromatic carbocycles. The molecule has 2 aliphatic heterocycles. The van der Waals surface area contributed by atoms with Crippen molar-refractivity contribution in [3.8, 4) is 0 Å². The maximum absolute atomic E-state index is 11.7. The van der Waals surface area contributed by atoms with Crippen molar-refractivity contribution < 1.29 is 0 Å². The Labute approximate surface area is 136 Å². The van der Waals surface area contributed by atoms with Gasteiger partial charge in [-0.25, -0.2) is 4.98 Å². The molecular formula is C18H24N4O. The Hall–Kier alpha value is -1.98. The molecule has 122 valence electrons. The number of nitrogens with one attached hydrogen (secondary N) is 2. The van der Waals surface area contributed by atoms with E-state index in [9.17, 15) is 4.79 Å². The Bertz CT molecular complexity index is 657. The summed E-state index contributed by atoms with van der Waals surface area (Å²) in [6.45, 7) is 5.03. The van der Waals surface area contributed by atoms with Gasteiger partial charge in [-0.3, -0.25) is 9.69 Å². The summed E-state index contributed by atoms with van der Waals surface area (Å²) < 4.78 is 0. The number of fused-ring (bicyclic) bond motifs is 1. The molecule has 5 nitrogen and oxygen atoms in total. The molecule has 0 atom stereocenters. The van der Waals surface area contributed by atoms with Gasteiger partial charge < -0.3 is 10.3 Å². The first kappa shape index (κ1) is 15.9. The van der Waals surface area contributed by atoms with Crippen LogP contribution in [0.2, 0.25) is 0 Å². The molecule has 23 heavy (non-hydrogen) atoms. The van der Waals surface area contributed by atoms with Crippen LogP contribution in [0, 0.1) is 0 Å². The molecule has 2 N–H and O–H groups in total. The van der Waals surface area contributed by atoms with Crippen LogP contribution in [0.5, 0.6) is 0 Å². The summed E-state index contributed by atoms with van der Waals surface area (Å²) in [5, 5.41) is 3.22. The van der Waals surface area contributed by atoms with Crippen LogP contribution in [-0.2, 0) is 19.5 Å². The van der Waals surface area contributed by atoms with Crippen LogP contribution in [0.15, 0.2) is 41.5 Å². The Balaban J connectivity index is 0.000000267. The zero-order valence-corrected chi connectivity index (χ0v) is 13.4. The number of benzene rings is 1. The molecule has 2 aromatic rings. The zero-order valence-electron chi connectivity index (χ0n) is 13.4. The quantitative estimate of drug-likeness (QED) is 0.886. The normalized spacial score (nSPS) is 17.2. The number of hydrogen-bond acceptors (Lipinski definition) is 4. The largest absolute Gasteiger partial charge is 0.317 e. The molecule has 0 spiro atoms. The van der Waals surface area contributed by atoms with Crippen molar-refractivity contribution in [1.29, 1.82) is 0 Å². The average Bonchev–Trinajstić information content (AvgIpc) is 3.16. The number of aromatic amines is 1. The highest BCUT2D eigenvalue weighted by Gasteiger charge is 2.19. The van der Waals surface area contributed by atoms with Gasteiger partial charge in [0.15, 0.2) is 0 Å². The van der Waals surface area contributed by atoms with Crippen LogP contribution in [0.1, 0.15) is 29.7 Å². The SMILES string of the molecule is C1CCNC1.O=c1[nH]cnc2c1CN(Cc1ccccc1)CC2. The molecule has 0 unspecified atom stereocenters. The van der Waals surface area contributed by atoms with Crippen molar-refractivity contribution in [2.24, 2.45) is 0 Å². The predicted octanol–water partition coefficient (Wildman–Crippen LogP) is 1.70. The average molecular weight is 312 g/mol. The van der Waals surface area contributed by atoms with Crippen molar-refractivity contribution in [1.82, 2.24) is 20.2 Å². The van der Waals surface area contributed by atoms with Crippen LogP contribution in [0.25, 0.3) is 0 Å². The fourth-order valence-corrected chi connectivity index (χ4v) is 3.01. The third kappa shape index (κ3) is 4.50. The molecule has 5 heteroatoms. The van der Waals surface area contributed by atoms with Crippen LogP contribution in [-0.4, -0.2) is 34.5 Å². The Morgan fingerprint density at radius 1 is 1.13 bits per heavy atom. The highest BCUT2D eigenvalue weighted by molar-refractivity contribution is 5.20. The lowest BCUT2D eigenvalue weighted by Crippen LogP contribution is -2.34. The number of rotatable bonds is 2. The molecule has 1 fully saturated rings. The second-order valence-electron chi connectivity index (χ2n) is 6.06. The number of aromatic nitrogens is 2. The van der Waals surface area contributed by atoms with E-state index in [1.54, 1.807) is 0 Å². The maximum Gasteiger partial charge on any atom is 0.255 e. The van der Waals surface area contributed by atoms with Gasteiger partial charge in [0.05, 0.1) is 17.6 Å². The van der Waals surface area contributed by atoms with Crippen LogP contribution < -0.4 is 10.9 Å². The summed E-state index contributed by atoms with van der Waals surface area (Å²) in [5.41, 5.74) is 3.04. The van der Waals surface area contributed by atoms with Crippen LogP contribution in [0.4, 0.5) is 0 Å². The Kier molecular flexibility index (Phi) is 5.56. The van der Waals surface area contributed by atoms with Crippen molar-refractivity contribution >= 4 is 0 Å². The van der Waals surface area contributed by atoms with E-state index in [4.69, 9.17) is 0 Å². The van der Waals surface area contributed by atoms with Crippen LogP contribution in [0.3, 0.4) is 0 Å². The summed E-state index contributed by atoms with van der Waals surface area (Å²) in [7, 11) is 0. The fourth-order valence-electron chi connectivity index (χ4n) is 3.01. The topological polar surface area (TPSA) is 61.0 Å². The lowest BCUT2D eigenvalue weighted by Gasteiger charge is -2.27. The minimum Gasteiger partial charge on any atom is -0.317 e. The minimum atomic E-state index is -0.00207. The summed E-state index contributed by atoms with van der Waals surface area (Å²) >= 11 is 0. The molecule has 0 saturated carbocycles. The van der Waals surface area contributed by atoms with E-state index < -0.39 is 0 Å². The van der Waals surface area contributed by atoms with E-state index in [0.29, 0.717) is 6.54 Å². The van der Waals surface area contributed by atoms with E-state index in [0.717, 1.165) is 30.8 Å². The van der Waals surface area contributed by atoms with E-state index in [-0.39, 0.29) is 5.56 Å². The third-order valence-corrected chi connectivity index (χ3v) is 4.29. The first-order valence-electron chi connectivity index (χ1n) is 8.35. The van der Waals surface area contributed by atoms with Gasteiger partial charge >= 0.3 is 0 Å². The first-order valence-corrected chi connectivity index (χ1v) is 8.35. The minimum absolute atomic E-state index is 0.00207. The molecule has 0 bridgehead atoms. The van der Waals surface area contributed by atoms with Gasteiger partial charge in [-0.2, -0.15) is 0 Å². The highest BCUT2D eigenvalue weighted by Crippen LogP contribution is 2.15. The number of nitrogens with zero attached hydrogens (tertiary/aromatic N) is 2. The second-order valence-corrected chi connectivity index (χ2v) is 6.06. The molecule has 4 rings (SSSR count). The lowest BCUT2D eigenvalue weighted by molar-refractivity contribution is 0.241. The molecule has 0 aliphatic carbocycles. The predicted molar refractivity (Wildman–Crippen MR) is 91.2 cm³/mol. The third-order valence-electron chi connectivity index (χ3n) is 4.29. The molecule has 0 radical (unpaired) electrons. The molecular weight excluding hydrogens is 288 g/mol. The Morgan fingerprint density at radius 2 is 1.91 bits per heavy atom. The monoisotopic (exact) mass is 312 g/mol. The van der Waals surface area contributed by atoms with Crippen molar-refractivity contribution in [3.63, 3.8) is 0 Å². The second kappa shape index (κ2) is 8.04. The van der Waals surface area contributed by atoms with Gasteiger partial charge in [0.25, 0.3) is 5.56 Å². The van der Waals surface area contributed by atoms with E-state index >= 15 is 0 Å². The smallest absolute Gasteiger partial charge is 0.255 e. The van der Waals surface area contributed by atoms with Gasteiger partial charge in [-0.15, -0.1) is 0 Å². The van der Waals surface area contributed by atoms with Gasteiger partial charge in [-0.1, -0.05) is 30.3 Å². The summed E-state index contributed by atoms with van der Waals surface area (Å²) in [6, 6.07) is 10.3. The molecule has 0 amide bonds. The summed E-state index contributed by atoms with van der Waals surface area (Å²) in [6.07, 6.45) is 5.13. The fraction of sp³-hybridized carbons (Fsp3) is 0.444. The molecule has 2 aliphatic rings. The highest BCUT2D eigenvalue weighted by atomic mass is 16.1. The van der Waals surface area contributed by atoms with Crippen molar-refractivity contribution in [2.45, 2.75) is 32.4 Å². The number of H-pyrrole nitrogens is 1. The van der Waals surface area contributed by atoms with Gasteiger partial charge in [0.2, 0.25) is 0 Å². The van der Waals surface area contributed by atoms with Gasteiger partial charge in [-0.05, 0) is 31.5 Å². The van der Waals surface area contributed by atoms with E-state index in [1.165, 1.54) is 37.8 Å². The maximum atomic E-state index is 11.7. The molecule has 3 heterocycles. The molecule has 1 aromatic heterocycles. The van der Waals surface area contributed by atoms with Crippen molar-refractivity contribution in [2.75, 3.05) is 19.6 Å². The van der Waals surface area contributed by atoms with E-state index in [2.05, 4.69) is 32.3 Å². The van der Waals surface area contributed by atoms with Crippen molar-refractivity contribution in [3.05, 3.63) is 63.8 Å². The Morgan fingerprint density at radius 3 is 2.61 bits per heavy atom. The van der Waals surface area contributed by atoms with E-state index in [1.807, 2.05) is 18.2 Å². The summed E-state index contributed by atoms with van der Waals surface area (Å²) in [4.78, 5) is 20.9. The lowest BCUT2D eigenvalue weighted by atomic mass is 10.1. The summed E-state index contributed by atoms with van der Waals surface area (Å²) in [5.74, 6) is 0.